The molecule has 0 aliphatic rings. The maximum absolute atomic E-state index is 12.8. The zero-order chi connectivity index (χ0) is 48.6. The summed E-state index contributed by atoms with van der Waals surface area (Å²) in [6.07, 6.45) is 71.3. The Morgan fingerprint density at radius 3 is 1.04 bits per heavy atom. The van der Waals surface area contributed by atoms with Gasteiger partial charge in [-0.05, 0) is 109 Å². The van der Waals surface area contributed by atoms with Crippen LogP contribution in [0.25, 0.3) is 0 Å². The highest BCUT2D eigenvalue weighted by Gasteiger charge is 2.19. The van der Waals surface area contributed by atoms with Crippen LogP contribution in [0.15, 0.2) is 85.1 Å². The van der Waals surface area contributed by atoms with Crippen LogP contribution in [0.2, 0.25) is 0 Å². The Kier molecular flexibility index (Phi) is 52.4. The molecule has 384 valence electrons. The second-order valence-electron chi connectivity index (χ2n) is 18.5. The monoisotopic (exact) mass is 933 g/mol. The number of ether oxygens (including phenoxy) is 3. The van der Waals surface area contributed by atoms with E-state index >= 15 is 0 Å². The van der Waals surface area contributed by atoms with Crippen LogP contribution in [0, 0.1) is 0 Å². The number of hydrogen-bond donors (Lipinski definition) is 0. The number of esters is 3. The van der Waals surface area contributed by atoms with Gasteiger partial charge in [0.2, 0.25) is 0 Å². The van der Waals surface area contributed by atoms with Crippen LogP contribution in [0.1, 0.15) is 265 Å². The van der Waals surface area contributed by atoms with Crippen LogP contribution in [0.3, 0.4) is 0 Å². The van der Waals surface area contributed by atoms with Gasteiger partial charge in [0.05, 0.1) is 0 Å². The second-order valence-corrected chi connectivity index (χ2v) is 18.5. The lowest BCUT2D eigenvalue weighted by atomic mass is 10.1. The maximum atomic E-state index is 12.8. The van der Waals surface area contributed by atoms with Gasteiger partial charge in [0.25, 0.3) is 0 Å². The molecule has 0 radical (unpaired) electrons. The van der Waals surface area contributed by atoms with Gasteiger partial charge in [-0.3, -0.25) is 14.4 Å². The molecule has 67 heavy (non-hydrogen) atoms. The molecular formula is C61H104O6. The van der Waals surface area contributed by atoms with E-state index in [0.717, 1.165) is 103 Å². The molecule has 1 unspecified atom stereocenters. The first-order valence-electron chi connectivity index (χ1n) is 28.1. The van der Waals surface area contributed by atoms with Crippen LogP contribution in [-0.2, 0) is 28.6 Å². The molecule has 0 heterocycles. The lowest BCUT2D eigenvalue weighted by Crippen LogP contribution is -2.30. The highest BCUT2D eigenvalue weighted by molar-refractivity contribution is 5.71. The molecule has 1 atom stereocenters. The molecule has 0 spiro atoms. The first-order chi connectivity index (χ1) is 33.0. The van der Waals surface area contributed by atoms with Crippen molar-refractivity contribution in [2.24, 2.45) is 0 Å². The van der Waals surface area contributed by atoms with Gasteiger partial charge in [-0.2, -0.15) is 0 Å². The molecule has 0 rings (SSSR count). The van der Waals surface area contributed by atoms with Crippen LogP contribution < -0.4 is 0 Å². The van der Waals surface area contributed by atoms with Crippen molar-refractivity contribution in [3.63, 3.8) is 0 Å². The van der Waals surface area contributed by atoms with E-state index in [-0.39, 0.29) is 31.1 Å². The highest BCUT2D eigenvalue weighted by atomic mass is 16.6. The summed E-state index contributed by atoms with van der Waals surface area (Å²) in [5.74, 6) is -0.914. The van der Waals surface area contributed by atoms with Gasteiger partial charge in [-0.15, -0.1) is 0 Å². The Hall–Kier alpha value is -3.41. The Balaban J connectivity index is 4.43. The minimum atomic E-state index is -0.791. The topological polar surface area (TPSA) is 78.9 Å². The van der Waals surface area contributed by atoms with Gasteiger partial charge in [-0.25, -0.2) is 0 Å². The van der Waals surface area contributed by atoms with Gasteiger partial charge in [0, 0.05) is 19.3 Å². The fraction of sp³-hybridized carbons (Fsp3) is 0.721. The molecule has 0 fully saturated rings. The van der Waals surface area contributed by atoms with Crippen LogP contribution >= 0.6 is 0 Å². The first-order valence-corrected chi connectivity index (χ1v) is 28.1. The van der Waals surface area contributed by atoms with Crippen molar-refractivity contribution in [3.05, 3.63) is 85.1 Å². The molecule has 0 aromatic heterocycles. The molecule has 6 nitrogen and oxygen atoms in total. The summed E-state index contributed by atoms with van der Waals surface area (Å²) in [5.41, 5.74) is 0. The Morgan fingerprint density at radius 1 is 0.328 bits per heavy atom. The van der Waals surface area contributed by atoms with E-state index in [1.165, 1.54) is 122 Å². The number of rotatable bonds is 50. The Bertz CT molecular complexity index is 1300. The lowest BCUT2D eigenvalue weighted by Gasteiger charge is -2.18. The van der Waals surface area contributed by atoms with Gasteiger partial charge >= 0.3 is 17.9 Å². The normalized spacial score (nSPS) is 12.7. The summed E-state index contributed by atoms with van der Waals surface area (Å²) in [6.45, 7) is 6.47. The van der Waals surface area contributed by atoms with E-state index in [4.69, 9.17) is 14.2 Å². The van der Waals surface area contributed by atoms with Crippen molar-refractivity contribution < 1.29 is 28.6 Å². The third kappa shape index (κ3) is 53.4. The summed E-state index contributed by atoms with van der Waals surface area (Å²) in [7, 11) is 0. The summed E-state index contributed by atoms with van der Waals surface area (Å²) in [6, 6.07) is 0. The Morgan fingerprint density at radius 2 is 0.627 bits per heavy atom. The number of hydrogen-bond acceptors (Lipinski definition) is 6. The fourth-order valence-corrected chi connectivity index (χ4v) is 7.65. The van der Waals surface area contributed by atoms with E-state index in [0.29, 0.717) is 19.3 Å². The van der Waals surface area contributed by atoms with Crippen LogP contribution in [0.5, 0.6) is 0 Å². The number of carbonyl (C=O) groups is 3. The van der Waals surface area contributed by atoms with Gasteiger partial charge in [0.15, 0.2) is 6.10 Å². The third-order valence-corrected chi connectivity index (χ3v) is 11.9. The molecule has 0 aliphatic carbocycles. The third-order valence-electron chi connectivity index (χ3n) is 11.9. The average Bonchev–Trinajstić information content (AvgIpc) is 3.33. The van der Waals surface area contributed by atoms with E-state index in [1.807, 2.05) is 0 Å². The molecule has 0 N–H and O–H groups in total. The van der Waals surface area contributed by atoms with Crippen molar-refractivity contribution in [1.29, 1.82) is 0 Å². The van der Waals surface area contributed by atoms with Crippen molar-refractivity contribution >= 4 is 17.9 Å². The molecule has 0 amide bonds. The average molecular weight is 933 g/mol. The summed E-state index contributed by atoms with van der Waals surface area (Å²) < 4.78 is 16.8. The SMILES string of the molecule is CC/C=C\C/C=C\C/C=C\C/C=C\CCCCCCCCC(=O)OCC(COC(=O)CCCCCCCCC/C=C\CCCCCC)OC(=O)CCCCCCCC/C=C\C=C/CCCCC. The highest BCUT2D eigenvalue weighted by Crippen LogP contribution is 2.14. The van der Waals surface area contributed by atoms with Gasteiger partial charge in [-0.1, -0.05) is 221 Å². The van der Waals surface area contributed by atoms with E-state index in [1.54, 1.807) is 0 Å². The van der Waals surface area contributed by atoms with Crippen LogP contribution in [-0.4, -0.2) is 37.2 Å². The molecule has 0 aromatic carbocycles. The summed E-state index contributed by atoms with van der Waals surface area (Å²) in [4.78, 5) is 38.1. The Labute approximate surface area is 414 Å². The molecule has 0 bridgehead atoms. The molecular weight excluding hydrogens is 829 g/mol. The standard InChI is InChI=1S/C61H104O6/c1-4-7-10-13-16-19-22-25-28-29-30-31-34-36-39-42-45-48-51-54-60(63)66-57-58(67-61(64)55-52-49-46-43-40-37-33-27-24-21-18-15-12-9-6-3)56-65-59(62)53-50-47-44-41-38-35-32-26-23-20-17-14-11-8-5-2/h7,10,16,18-21,23-25,27-28,30-31,58H,4-6,8-9,11-15,17,22,26,29,32-57H2,1-3H3/b10-7-,19-16-,21-18-,23-20-,27-24-,28-25-,31-30-. The van der Waals surface area contributed by atoms with Gasteiger partial charge in [0.1, 0.15) is 13.2 Å². The van der Waals surface area contributed by atoms with Crippen molar-refractivity contribution in [3.8, 4) is 0 Å². The maximum Gasteiger partial charge on any atom is 0.306 e. The number of allylic oxidation sites excluding steroid dienone is 14. The molecule has 6 heteroatoms. The molecule has 0 aromatic rings. The van der Waals surface area contributed by atoms with Crippen LogP contribution in [0.4, 0.5) is 0 Å². The minimum absolute atomic E-state index is 0.0882. The number of carbonyl (C=O) groups excluding carboxylic acids is 3. The zero-order valence-electron chi connectivity index (χ0n) is 43.9. The molecule has 0 saturated heterocycles. The minimum Gasteiger partial charge on any atom is -0.462 e. The quantitative estimate of drug-likeness (QED) is 0.0199. The fourth-order valence-electron chi connectivity index (χ4n) is 7.65. The van der Waals surface area contributed by atoms with E-state index in [9.17, 15) is 14.4 Å². The van der Waals surface area contributed by atoms with Crippen molar-refractivity contribution in [2.45, 2.75) is 271 Å². The predicted molar refractivity (Wildman–Crippen MR) is 288 cm³/mol. The van der Waals surface area contributed by atoms with Gasteiger partial charge < -0.3 is 14.2 Å². The smallest absolute Gasteiger partial charge is 0.306 e. The van der Waals surface area contributed by atoms with Crippen molar-refractivity contribution in [1.82, 2.24) is 0 Å². The second kappa shape index (κ2) is 55.2. The number of unbranched alkanes of at least 4 members (excludes halogenated alkanes) is 26. The van der Waals surface area contributed by atoms with E-state index in [2.05, 4.69) is 106 Å². The zero-order valence-corrected chi connectivity index (χ0v) is 43.9. The first kappa shape index (κ1) is 63.6. The van der Waals surface area contributed by atoms with Crippen molar-refractivity contribution in [2.75, 3.05) is 13.2 Å². The molecule has 0 saturated carbocycles. The largest absolute Gasteiger partial charge is 0.462 e. The van der Waals surface area contributed by atoms with E-state index < -0.39 is 6.10 Å². The summed E-state index contributed by atoms with van der Waals surface area (Å²) in [5, 5.41) is 0. The summed E-state index contributed by atoms with van der Waals surface area (Å²) >= 11 is 0. The lowest BCUT2D eigenvalue weighted by molar-refractivity contribution is -0.167. The molecule has 0 aliphatic heterocycles. The predicted octanol–water partition coefficient (Wildman–Crippen LogP) is 18.8.